The molecular weight excluding hydrogens is 294 g/mol. The molecule has 2 N–H and O–H groups in total. The van der Waals surface area contributed by atoms with Crippen LogP contribution in [-0.2, 0) is 6.54 Å². The molecule has 0 radical (unpaired) electrons. The van der Waals surface area contributed by atoms with Crippen molar-refractivity contribution in [2.24, 2.45) is 10.9 Å². The molecule has 1 aliphatic heterocycles. The van der Waals surface area contributed by atoms with Crippen LogP contribution in [-0.4, -0.2) is 48.6 Å². The largest absolute Gasteiger partial charge is 0.357 e. The van der Waals surface area contributed by atoms with E-state index in [1.807, 2.05) is 0 Å². The summed E-state index contributed by atoms with van der Waals surface area (Å²) in [5.74, 6) is 1.66. The maximum absolute atomic E-state index is 4.70. The van der Waals surface area contributed by atoms with Crippen molar-refractivity contribution in [3.05, 3.63) is 16.1 Å². The SMILES string of the molecule is CCNC(=NCC1CCN(Cc2csc(C)n2)CC1)NCC. The molecule has 0 bridgehead atoms. The van der Waals surface area contributed by atoms with Gasteiger partial charge in [0, 0.05) is 31.6 Å². The van der Waals surface area contributed by atoms with Crippen molar-refractivity contribution in [3.63, 3.8) is 0 Å². The Balaban J connectivity index is 1.73. The number of aryl methyl sites for hydroxylation is 1. The number of hydrogen-bond acceptors (Lipinski definition) is 4. The van der Waals surface area contributed by atoms with E-state index in [2.05, 4.69) is 46.7 Å². The van der Waals surface area contributed by atoms with Crippen LogP contribution in [0.4, 0.5) is 0 Å². The molecule has 22 heavy (non-hydrogen) atoms. The number of nitrogens with zero attached hydrogens (tertiary/aromatic N) is 3. The molecule has 1 aromatic heterocycles. The number of likely N-dealkylation sites (tertiary alicyclic amines) is 1. The quantitative estimate of drug-likeness (QED) is 0.623. The average Bonchev–Trinajstić information content (AvgIpc) is 2.92. The van der Waals surface area contributed by atoms with Gasteiger partial charge < -0.3 is 10.6 Å². The lowest BCUT2D eigenvalue weighted by atomic mass is 9.97. The fourth-order valence-electron chi connectivity index (χ4n) is 2.77. The van der Waals surface area contributed by atoms with Crippen LogP contribution < -0.4 is 10.6 Å². The molecule has 0 unspecified atom stereocenters. The van der Waals surface area contributed by atoms with Crippen molar-refractivity contribution in [3.8, 4) is 0 Å². The van der Waals surface area contributed by atoms with E-state index in [1.165, 1.54) is 23.5 Å². The second-order valence-electron chi connectivity index (χ2n) is 5.83. The van der Waals surface area contributed by atoms with Crippen LogP contribution in [0.2, 0.25) is 0 Å². The van der Waals surface area contributed by atoms with Crippen molar-refractivity contribution in [2.45, 2.75) is 40.2 Å². The first kappa shape index (κ1) is 17.2. The molecule has 0 aliphatic carbocycles. The Kier molecular flexibility index (Phi) is 7.12. The van der Waals surface area contributed by atoms with E-state index < -0.39 is 0 Å². The van der Waals surface area contributed by atoms with Crippen LogP contribution in [0.3, 0.4) is 0 Å². The first-order chi connectivity index (χ1) is 10.7. The Morgan fingerprint density at radius 2 is 2.00 bits per heavy atom. The molecule has 0 saturated carbocycles. The number of aliphatic imine (C=N–C) groups is 1. The molecule has 124 valence electrons. The Labute approximate surface area is 138 Å². The van der Waals surface area contributed by atoms with E-state index in [9.17, 15) is 0 Å². The van der Waals surface area contributed by atoms with E-state index in [1.54, 1.807) is 11.3 Å². The number of guanidine groups is 1. The van der Waals surface area contributed by atoms with Gasteiger partial charge in [0.1, 0.15) is 0 Å². The molecule has 1 fully saturated rings. The number of piperidine rings is 1. The minimum Gasteiger partial charge on any atom is -0.357 e. The Bertz CT molecular complexity index is 455. The predicted molar refractivity (Wildman–Crippen MR) is 94.5 cm³/mol. The van der Waals surface area contributed by atoms with Gasteiger partial charge in [0.25, 0.3) is 0 Å². The Morgan fingerprint density at radius 3 is 2.55 bits per heavy atom. The molecule has 2 rings (SSSR count). The van der Waals surface area contributed by atoms with Crippen LogP contribution in [0, 0.1) is 12.8 Å². The summed E-state index contributed by atoms with van der Waals surface area (Å²) >= 11 is 1.74. The minimum absolute atomic E-state index is 0.709. The third-order valence-electron chi connectivity index (χ3n) is 3.96. The summed E-state index contributed by atoms with van der Waals surface area (Å²) < 4.78 is 0. The van der Waals surface area contributed by atoms with Gasteiger partial charge in [-0.3, -0.25) is 9.89 Å². The summed E-state index contributed by atoms with van der Waals surface area (Å²) in [5, 5.41) is 9.93. The molecule has 0 amide bonds. The topological polar surface area (TPSA) is 52.6 Å². The summed E-state index contributed by atoms with van der Waals surface area (Å²) in [6, 6.07) is 0. The standard InChI is InChI=1S/C16H29N5S/c1-4-17-16(18-5-2)19-10-14-6-8-21(9-7-14)11-15-12-22-13(3)20-15/h12,14H,4-11H2,1-3H3,(H2,17,18,19). The summed E-state index contributed by atoms with van der Waals surface area (Å²) in [4.78, 5) is 11.8. The van der Waals surface area contributed by atoms with E-state index in [0.717, 1.165) is 45.2 Å². The zero-order valence-electron chi connectivity index (χ0n) is 14.1. The van der Waals surface area contributed by atoms with Crippen LogP contribution >= 0.6 is 11.3 Å². The molecule has 1 aliphatic rings. The van der Waals surface area contributed by atoms with Gasteiger partial charge in [-0.25, -0.2) is 4.98 Å². The molecule has 1 saturated heterocycles. The van der Waals surface area contributed by atoms with Crippen LogP contribution in [0.5, 0.6) is 0 Å². The smallest absolute Gasteiger partial charge is 0.191 e. The minimum atomic E-state index is 0.709. The number of nitrogens with one attached hydrogen (secondary N) is 2. The molecule has 2 heterocycles. The van der Waals surface area contributed by atoms with E-state index in [4.69, 9.17) is 4.99 Å². The number of aromatic nitrogens is 1. The Hall–Kier alpha value is -1.14. The monoisotopic (exact) mass is 323 g/mol. The first-order valence-electron chi connectivity index (χ1n) is 8.36. The van der Waals surface area contributed by atoms with Crippen LogP contribution in [0.25, 0.3) is 0 Å². The first-order valence-corrected chi connectivity index (χ1v) is 9.24. The van der Waals surface area contributed by atoms with Crippen LogP contribution in [0.1, 0.15) is 37.4 Å². The zero-order chi connectivity index (χ0) is 15.8. The van der Waals surface area contributed by atoms with Crippen molar-refractivity contribution < 1.29 is 0 Å². The third kappa shape index (κ3) is 5.57. The van der Waals surface area contributed by atoms with Crippen molar-refractivity contribution >= 4 is 17.3 Å². The van der Waals surface area contributed by atoms with Gasteiger partial charge in [0.05, 0.1) is 10.7 Å². The Morgan fingerprint density at radius 1 is 1.32 bits per heavy atom. The van der Waals surface area contributed by atoms with Gasteiger partial charge in [-0.2, -0.15) is 0 Å². The van der Waals surface area contributed by atoms with Gasteiger partial charge in [0.15, 0.2) is 5.96 Å². The summed E-state index contributed by atoms with van der Waals surface area (Å²) in [6.07, 6.45) is 2.47. The molecule has 0 atom stereocenters. The molecule has 5 nitrogen and oxygen atoms in total. The second kappa shape index (κ2) is 9.10. The number of rotatable bonds is 6. The highest BCUT2D eigenvalue weighted by Gasteiger charge is 2.19. The van der Waals surface area contributed by atoms with Gasteiger partial charge >= 0.3 is 0 Å². The molecule has 1 aromatic rings. The van der Waals surface area contributed by atoms with Gasteiger partial charge in [-0.1, -0.05) is 0 Å². The lowest BCUT2D eigenvalue weighted by Crippen LogP contribution is -2.38. The van der Waals surface area contributed by atoms with Crippen molar-refractivity contribution in [2.75, 3.05) is 32.7 Å². The van der Waals surface area contributed by atoms with E-state index in [0.29, 0.717) is 5.92 Å². The lowest BCUT2D eigenvalue weighted by molar-refractivity contribution is 0.179. The van der Waals surface area contributed by atoms with Crippen molar-refractivity contribution in [1.29, 1.82) is 0 Å². The average molecular weight is 324 g/mol. The predicted octanol–water partition coefficient (Wildman–Crippen LogP) is 2.24. The van der Waals surface area contributed by atoms with Crippen LogP contribution in [0.15, 0.2) is 10.4 Å². The van der Waals surface area contributed by atoms with Crippen molar-refractivity contribution in [1.82, 2.24) is 20.5 Å². The molecule has 0 aromatic carbocycles. The number of hydrogen-bond donors (Lipinski definition) is 2. The summed E-state index contributed by atoms with van der Waals surface area (Å²) in [5.41, 5.74) is 1.22. The highest BCUT2D eigenvalue weighted by molar-refractivity contribution is 7.09. The zero-order valence-corrected chi connectivity index (χ0v) is 14.9. The van der Waals surface area contributed by atoms with E-state index >= 15 is 0 Å². The summed E-state index contributed by atoms with van der Waals surface area (Å²) in [7, 11) is 0. The molecule has 0 spiro atoms. The number of thiazole rings is 1. The van der Waals surface area contributed by atoms with Gasteiger partial charge in [-0.05, 0) is 52.6 Å². The highest BCUT2D eigenvalue weighted by Crippen LogP contribution is 2.20. The molecular formula is C16H29N5S. The molecule has 6 heteroatoms. The maximum Gasteiger partial charge on any atom is 0.191 e. The highest BCUT2D eigenvalue weighted by atomic mass is 32.1. The van der Waals surface area contributed by atoms with Gasteiger partial charge in [-0.15, -0.1) is 11.3 Å². The third-order valence-corrected chi connectivity index (χ3v) is 4.78. The normalized spacial score (nSPS) is 16.5. The lowest BCUT2D eigenvalue weighted by Gasteiger charge is -2.30. The fourth-order valence-corrected chi connectivity index (χ4v) is 3.37. The maximum atomic E-state index is 4.70. The second-order valence-corrected chi connectivity index (χ2v) is 6.89. The fraction of sp³-hybridized carbons (Fsp3) is 0.750. The summed E-state index contributed by atoms with van der Waals surface area (Å²) in [6.45, 7) is 12.4. The van der Waals surface area contributed by atoms with Gasteiger partial charge in [0.2, 0.25) is 0 Å². The van der Waals surface area contributed by atoms with E-state index in [-0.39, 0.29) is 0 Å².